The Morgan fingerprint density at radius 2 is 1.28 bits per heavy atom. The van der Waals surface area contributed by atoms with Crippen LogP contribution in [0.25, 0.3) is 0 Å². The van der Waals surface area contributed by atoms with Crippen molar-refractivity contribution in [2.75, 3.05) is 10.6 Å². The third-order valence-corrected chi connectivity index (χ3v) is 3.69. The van der Waals surface area contributed by atoms with Crippen LogP contribution in [0, 0.1) is 0 Å². The monoisotopic (exact) mass is 331 g/mol. The summed E-state index contributed by atoms with van der Waals surface area (Å²) < 4.78 is 0. The molecule has 124 valence electrons. The number of nitrogens with two attached hydrogens (primary N) is 1. The first-order chi connectivity index (χ1) is 12.2. The smallest absolute Gasteiger partial charge is 0.249 e. The topological polar surface area (TPSA) is 84.2 Å². The second kappa shape index (κ2) is 7.31. The molecule has 0 heterocycles. The fraction of sp³-hybridized carbons (Fsp3) is 0. The van der Waals surface area contributed by atoms with Crippen LogP contribution in [-0.4, -0.2) is 12.2 Å². The van der Waals surface area contributed by atoms with Crippen molar-refractivity contribution in [3.8, 4) is 0 Å². The summed E-state index contributed by atoms with van der Waals surface area (Å²) in [4.78, 5) is 23.0. The second-order valence-corrected chi connectivity index (χ2v) is 5.45. The van der Waals surface area contributed by atoms with Crippen molar-refractivity contribution >= 4 is 34.9 Å². The number of benzene rings is 3. The first-order valence-electron chi connectivity index (χ1n) is 7.74. The number of carbonyl (C=O) groups is 2. The van der Waals surface area contributed by atoms with E-state index < -0.39 is 5.91 Å². The Hall–Kier alpha value is -3.60. The molecule has 0 aliphatic heterocycles. The highest BCUT2D eigenvalue weighted by atomic mass is 16.1. The average molecular weight is 331 g/mol. The Kier molecular flexibility index (Phi) is 4.76. The van der Waals surface area contributed by atoms with E-state index in [1.807, 2.05) is 60.7 Å². The van der Waals surface area contributed by atoms with Crippen molar-refractivity contribution in [1.82, 2.24) is 0 Å². The lowest BCUT2D eigenvalue weighted by Gasteiger charge is -2.16. The molecular formula is C20H17N3O2. The number of para-hydroxylation sites is 2. The van der Waals surface area contributed by atoms with Crippen LogP contribution < -0.4 is 16.4 Å². The molecule has 0 saturated carbocycles. The molecule has 0 unspecified atom stereocenters. The van der Waals surface area contributed by atoms with Crippen molar-refractivity contribution in [2.24, 2.45) is 5.73 Å². The summed E-state index contributed by atoms with van der Waals surface area (Å²) in [5.41, 5.74) is 8.86. The lowest BCUT2D eigenvalue weighted by Crippen LogP contribution is -2.14. The number of anilines is 4. The molecule has 0 aromatic heterocycles. The number of primary amides is 1. The van der Waals surface area contributed by atoms with Gasteiger partial charge in [-0.3, -0.25) is 9.59 Å². The van der Waals surface area contributed by atoms with Crippen molar-refractivity contribution in [2.45, 2.75) is 0 Å². The minimum atomic E-state index is -0.649. The number of rotatable bonds is 6. The summed E-state index contributed by atoms with van der Waals surface area (Å²) in [6, 6.07) is 22.3. The second-order valence-electron chi connectivity index (χ2n) is 5.45. The van der Waals surface area contributed by atoms with Crippen LogP contribution in [-0.2, 0) is 0 Å². The Morgan fingerprint density at radius 1 is 0.800 bits per heavy atom. The minimum Gasteiger partial charge on any atom is -0.366 e. The van der Waals surface area contributed by atoms with Gasteiger partial charge in [-0.15, -0.1) is 0 Å². The fourth-order valence-corrected chi connectivity index (χ4v) is 2.49. The normalized spacial score (nSPS) is 10.1. The number of amides is 1. The van der Waals surface area contributed by atoms with Crippen LogP contribution in [0.3, 0.4) is 0 Å². The zero-order valence-electron chi connectivity index (χ0n) is 13.4. The third kappa shape index (κ3) is 3.84. The summed E-state index contributed by atoms with van der Waals surface area (Å²) in [5, 5.41) is 6.51. The zero-order valence-corrected chi connectivity index (χ0v) is 13.4. The molecular weight excluding hydrogens is 314 g/mol. The summed E-state index contributed by atoms with van der Waals surface area (Å²) in [5.74, 6) is -0.649. The Morgan fingerprint density at radius 3 is 1.72 bits per heavy atom. The maximum atomic E-state index is 11.7. The van der Waals surface area contributed by atoms with Gasteiger partial charge >= 0.3 is 0 Å². The van der Waals surface area contributed by atoms with Crippen LogP contribution in [0.5, 0.6) is 0 Å². The van der Waals surface area contributed by atoms with Crippen LogP contribution in [0.4, 0.5) is 22.7 Å². The summed E-state index contributed by atoms with van der Waals surface area (Å²) in [6.45, 7) is 0. The number of carbonyl (C=O) groups excluding carboxylic acids is 2. The molecule has 3 aromatic carbocycles. The van der Waals surface area contributed by atoms with Gasteiger partial charge in [0.25, 0.3) is 0 Å². The van der Waals surface area contributed by atoms with E-state index in [2.05, 4.69) is 10.6 Å². The molecule has 3 aromatic rings. The fourth-order valence-electron chi connectivity index (χ4n) is 2.49. The van der Waals surface area contributed by atoms with E-state index in [1.165, 1.54) is 0 Å². The maximum absolute atomic E-state index is 11.7. The highest BCUT2D eigenvalue weighted by Gasteiger charge is 2.14. The predicted octanol–water partition coefficient (Wildman–Crippen LogP) is 4.09. The lowest BCUT2D eigenvalue weighted by atomic mass is 10.0. The molecule has 3 rings (SSSR count). The summed E-state index contributed by atoms with van der Waals surface area (Å²) >= 11 is 0. The van der Waals surface area contributed by atoms with Gasteiger partial charge < -0.3 is 16.4 Å². The largest absolute Gasteiger partial charge is 0.366 e. The highest BCUT2D eigenvalue weighted by molar-refractivity contribution is 6.03. The lowest BCUT2D eigenvalue weighted by molar-refractivity contribution is 0.0993. The number of nitrogens with one attached hydrogen (secondary N) is 2. The molecule has 0 radical (unpaired) electrons. The first-order valence-corrected chi connectivity index (χ1v) is 7.74. The van der Waals surface area contributed by atoms with E-state index in [9.17, 15) is 9.59 Å². The molecule has 0 saturated heterocycles. The molecule has 0 aliphatic rings. The van der Waals surface area contributed by atoms with Crippen LogP contribution >= 0.6 is 0 Å². The standard InChI is InChI=1S/C20H17N3O2/c21-20(25)17-12-19(23-16-9-5-2-6-10-16)18(11-14(17)13-24)22-15-7-3-1-4-8-15/h1-13,22-23H,(H2,21,25). The SMILES string of the molecule is NC(=O)c1cc(Nc2ccccc2)c(Nc2ccccc2)cc1C=O. The molecule has 0 bridgehead atoms. The molecule has 0 fully saturated rings. The van der Waals surface area contributed by atoms with Crippen molar-refractivity contribution in [1.29, 1.82) is 0 Å². The van der Waals surface area contributed by atoms with Crippen LogP contribution in [0.15, 0.2) is 72.8 Å². The summed E-state index contributed by atoms with van der Waals surface area (Å²) in [7, 11) is 0. The van der Waals surface area contributed by atoms with E-state index in [4.69, 9.17) is 5.73 Å². The van der Waals surface area contributed by atoms with Gasteiger partial charge in [-0.2, -0.15) is 0 Å². The van der Waals surface area contributed by atoms with Gasteiger partial charge in [0.15, 0.2) is 6.29 Å². The molecule has 25 heavy (non-hydrogen) atoms. The first kappa shape index (κ1) is 16.3. The van der Waals surface area contributed by atoms with Gasteiger partial charge in [0.1, 0.15) is 0 Å². The Labute approximate surface area is 145 Å². The van der Waals surface area contributed by atoms with E-state index in [0.29, 0.717) is 17.7 Å². The van der Waals surface area contributed by atoms with Gasteiger partial charge in [-0.25, -0.2) is 0 Å². The van der Waals surface area contributed by atoms with E-state index >= 15 is 0 Å². The van der Waals surface area contributed by atoms with Gasteiger partial charge in [0.05, 0.1) is 16.9 Å². The van der Waals surface area contributed by atoms with E-state index in [-0.39, 0.29) is 11.1 Å². The zero-order chi connectivity index (χ0) is 17.6. The molecule has 1 amide bonds. The number of aldehydes is 1. The molecule has 0 aliphatic carbocycles. The van der Waals surface area contributed by atoms with Crippen LogP contribution in [0.2, 0.25) is 0 Å². The molecule has 0 spiro atoms. The Balaban J connectivity index is 2.06. The maximum Gasteiger partial charge on any atom is 0.249 e. The van der Waals surface area contributed by atoms with Crippen molar-refractivity contribution in [3.63, 3.8) is 0 Å². The molecule has 4 N–H and O–H groups in total. The minimum absolute atomic E-state index is 0.173. The van der Waals surface area contributed by atoms with Gasteiger partial charge in [0.2, 0.25) is 5.91 Å². The van der Waals surface area contributed by atoms with Gasteiger partial charge in [-0.05, 0) is 36.4 Å². The average Bonchev–Trinajstić information content (AvgIpc) is 2.64. The molecule has 5 heteroatoms. The van der Waals surface area contributed by atoms with Gasteiger partial charge in [-0.1, -0.05) is 36.4 Å². The van der Waals surface area contributed by atoms with Crippen molar-refractivity contribution < 1.29 is 9.59 Å². The third-order valence-electron chi connectivity index (χ3n) is 3.69. The van der Waals surface area contributed by atoms with E-state index in [0.717, 1.165) is 11.4 Å². The number of hydrogen-bond donors (Lipinski definition) is 3. The molecule has 0 atom stereocenters. The quantitative estimate of drug-likeness (QED) is 0.594. The number of hydrogen-bond acceptors (Lipinski definition) is 4. The van der Waals surface area contributed by atoms with Crippen LogP contribution in [0.1, 0.15) is 20.7 Å². The Bertz CT molecular complexity index is 894. The highest BCUT2D eigenvalue weighted by Crippen LogP contribution is 2.31. The van der Waals surface area contributed by atoms with Crippen molar-refractivity contribution in [3.05, 3.63) is 83.9 Å². The summed E-state index contributed by atoms with van der Waals surface area (Å²) in [6.07, 6.45) is 0.628. The molecule has 5 nitrogen and oxygen atoms in total. The van der Waals surface area contributed by atoms with E-state index in [1.54, 1.807) is 12.1 Å². The predicted molar refractivity (Wildman–Crippen MR) is 99.8 cm³/mol. The van der Waals surface area contributed by atoms with Gasteiger partial charge in [0, 0.05) is 16.9 Å².